The lowest BCUT2D eigenvalue weighted by molar-refractivity contribution is 0.279. The third kappa shape index (κ3) is 12.3. The number of ether oxygens (including phenoxy) is 4. The zero-order chi connectivity index (χ0) is 66.9. The van der Waals surface area contributed by atoms with Gasteiger partial charge in [-0.2, -0.15) is 0 Å². The van der Waals surface area contributed by atoms with E-state index in [1.807, 2.05) is 36.4 Å². The van der Waals surface area contributed by atoms with Crippen LogP contribution in [-0.4, -0.2) is 4.40 Å². The molecular formula is C86H95NO6. The van der Waals surface area contributed by atoms with Crippen molar-refractivity contribution in [3.8, 4) is 46.0 Å². The van der Waals surface area contributed by atoms with Gasteiger partial charge in [-0.15, -0.1) is 0 Å². The van der Waals surface area contributed by atoms with E-state index in [0.29, 0.717) is 67.1 Å². The molecule has 7 heteroatoms. The fourth-order valence-electron chi connectivity index (χ4n) is 17.1. The van der Waals surface area contributed by atoms with E-state index >= 15 is 4.79 Å². The van der Waals surface area contributed by atoms with Crippen molar-refractivity contribution < 1.29 is 18.9 Å². The van der Waals surface area contributed by atoms with Gasteiger partial charge in [-0.25, -0.2) is 0 Å². The van der Waals surface area contributed by atoms with Gasteiger partial charge in [0.25, 0.3) is 5.56 Å². The molecule has 7 nitrogen and oxygen atoms in total. The minimum absolute atomic E-state index is 0.0112. The van der Waals surface area contributed by atoms with Crippen molar-refractivity contribution in [2.75, 3.05) is 0 Å². The molecule has 0 fully saturated rings. The van der Waals surface area contributed by atoms with E-state index < -0.39 is 0 Å². The van der Waals surface area contributed by atoms with Gasteiger partial charge in [0, 0.05) is 76.8 Å². The van der Waals surface area contributed by atoms with Gasteiger partial charge in [-0.3, -0.25) is 14.0 Å². The number of nitrogens with zero attached hydrogens (tertiary/aromatic N) is 1. The number of pyridine rings is 2. The Morgan fingerprint density at radius 1 is 0.280 bits per heavy atom. The molecule has 0 amide bonds. The lowest BCUT2D eigenvalue weighted by atomic mass is 9.72. The number of para-hydroxylation sites is 5. The van der Waals surface area contributed by atoms with Crippen LogP contribution in [0.15, 0.2) is 173 Å². The van der Waals surface area contributed by atoms with Crippen LogP contribution in [0.1, 0.15) is 186 Å². The first-order valence-corrected chi connectivity index (χ1v) is 33.5. The van der Waals surface area contributed by atoms with Crippen LogP contribution in [0, 0.1) is 21.7 Å². The summed E-state index contributed by atoms with van der Waals surface area (Å²) >= 11 is 0. The number of aromatic nitrogens is 1. The van der Waals surface area contributed by atoms with Gasteiger partial charge in [-0.05, 0) is 135 Å². The van der Waals surface area contributed by atoms with Crippen molar-refractivity contribution in [3.63, 3.8) is 0 Å². The van der Waals surface area contributed by atoms with Gasteiger partial charge in [0.05, 0.1) is 16.4 Å². The maximum Gasteiger partial charge on any atom is 0.263 e. The van der Waals surface area contributed by atoms with Crippen LogP contribution >= 0.6 is 0 Å². The highest BCUT2D eigenvalue weighted by Crippen LogP contribution is 2.58. The molecule has 0 saturated carbocycles. The second kappa shape index (κ2) is 22.7. The fraction of sp³-hybridized carbons (Fsp3) is 0.372. The van der Waals surface area contributed by atoms with Gasteiger partial charge >= 0.3 is 0 Å². The molecule has 0 spiro atoms. The van der Waals surface area contributed by atoms with Crippen molar-refractivity contribution in [2.24, 2.45) is 21.7 Å². The lowest BCUT2D eigenvalue weighted by Crippen LogP contribution is -2.25. The minimum Gasteiger partial charge on any atom is -0.456 e. The van der Waals surface area contributed by atoms with Gasteiger partial charge in [0.2, 0.25) is 0 Å². The van der Waals surface area contributed by atoms with Crippen LogP contribution in [0.4, 0.5) is 0 Å². The lowest BCUT2D eigenvalue weighted by Gasteiger charge is -2.34. The Morgan fingerprint density at radius 2 is 0.602 bits per heavy atom. The second-order valence-corrected chi connectivity index (χ2v) is 34.2. The highest BCUT2D eigenvalue weighted by atomic mass is 16.5. The summed E-state index contributed by atoms with van der Waals surface area (Å²) in [7, 11) is 0. The summed E-state index contributed by atoms with van der Waals surface area (Å²) < 4.78 is 32.8. The van der Waals surface area contributed by atoms with E-state index in [1.165, 1.54) is 0 Å². The molecule has 0 unspecified atom stereocenters. The Labute approximate surface area is 550 Å². The molecule has 0 atom stereocenters. The quantitative estimate of drug-likeness (QED) is 0.0709. The first-order chi connectivity index (χ1) is 43.4. The normalized spacial score (nSPS) is 13.4. The Kier molecular flexibility index (Phi) is 15.8. The monoisotopic (exact) mass is 1240 g/mol. The Morgan fingerprint density at radius 3 is 0.978 bits per heavy atom. The molecule has 0 bridgehead atoms. The van der Waals surface area contributed by atoms with E-state index in [4.69, 9.17) is 18.9 Å². The standard InChI is InChI=1S/C86H95NO6/c1-79(2,3)48-83(13,14)56-32-22-27-37-63(56)90-67-43-41-52-42-44-68(91-64-38-28-23-33-57(64)84(15,16)49-80(4,5)6)74-71(52)73(67)75-69(92-65-39-29-24-34-58(65)85(17,18)50-81(7,8)9)45-54-61-47-62(88)53-31-21-26-36-60(53)87(61)78(89)55-46-70(76(74)77(75)72(54)55)93-66-40-30-25-35-59(66)86(19,20)51-82(10,11)12/h21-47H,48-51H2,1-20H3. The van der Waals surface area contributed by atoms with Crippen LogP contribution < -0.4 is 29.9 Å². The summed E-state index contributed by atoms with van der Waals surface area (Å²) in [5.74, 6) is 5.06. The molecule has 0 aliphatic carbocycles. The van der Waals surface area contributed by atoms with Crippen molar-refractivity contribution in [3.05, 3.63) is 207 Å². The summed E-state index contributed by atoms with van der Waals surface area (Å²) in [6.45, 7) is 45.9. The summed E-state index contributed by atoms with van der Waals surface area (Å²) in [6.07, 6.45) is 3.54. The maximum absolute atomic E-state index is 16.4. The van der Waals surface area contributed by atoms with Crippen LogP contribution in [0.5, 0.6) is 46.0 Å². The Balaban J connectivity index is 1.33. The molecular weight excluding hydrogens is 1140 g/mol. The number of fused-ring (bicyclic) bond motifs is 6. The number of rotatable bonds is 16. The third-order valence-electron chi connectivity index (χ3n) is 18.8. The maximum atomic E-state index is 16.4. The summed E-state index contributed by atoms with van der Waals surface area (Å²) in [5, 5.41) is 7.77. The molecule has 480 valence electrons. The zero-order valence-electron chi connectivity index (χ0n) is 58.8. The Bertz CT molecular complexity index is 4880. The van der Waals surface area contributed by atoms with Gasteiger partial charge in [0.15, 0.2) is 5.43 Å². The minimum atomic E-state index is -0.349. The SMILES string of the molecule is CC(C)(C)CC(C)(C)c1ccccc1Oc1ccc2ccc(Oc3ccccc3C(C)(C)CC(C)(C)C)c3c4c(Oc5ccccc5C(C)(C)CC(C)(C)C)cc5c6c(cc(Oc7ccccc7C(C)(C)CC(C)(C)C)c(c1c23)c46)c(=O)n1c2ccccc2c(=O)cc51. The molecule has 0 aliphatic heterocycles. The largest absolute Gasteiger partial charge is 0.456 e. The van der Waals surface area contributed by atoms with E-state index in [1.54, 1.807) is 16.5 Å². The van der Waals surface area contributed by atoms with Crippen molar-refractivity contribution in [1.82, 2.24) is 4.40 Å². The molecule has 12 rings (SSSR count). The average molecular weight is 1240 g/mol. The predicted molar refractivity (Wildman–Crippen MR) is 392 cm³/mol. The Hall–Kier alpha value is -8.42. The first-order valence-electron chi connectivity index (χ1n) is 33.5. The smallest absolute Gasteiger partial charge is 0.263 e. The molecule has 10 aromatic carbocycles. The van der Waals surface area contributed by atoms with E-state index in [-0.39, 0.29) is 54.3 Å². The van der Waals surface area contributed by atoms with Crippen LogP contribution in [0.2, 0.25) is 0 Å². The first kappa shape index (κ1) is 64.7. The zero-order valence-corrected chi connectivity index (χ0v) is 58.8. The molecule has 2 heterocycles. The van der Waals surface area contributed by atoms with Crippen molar-refractivity contribution in [2.45, 2.75) is 186 Å². The third-order valence-corrected chi connectivity index (χ3v) is 18.8. The summed E-state index contributed by atoms with van der Waals surface area (Å²) in [6, 6.07) is 55.3. The van der Waals surface area contributed by atoms with Gasteiger partial charge in [-0.1, -0.05) is 236 Å². The highest BCUT2D eigenvalue weighted by Gasteiger charge is 2.37. The number of hydrogen-bond acceptors (Lipinski definition) is 6. The number of hydrogen-bond donors (Lipinski definition) is 0. The highest BCUT2D eigenvalue weighted by molar-refractivity contribution is 6.42. The summed E-state index contributed by atoms with van der Waals surface area (Å²) in [4.78, 5) is 31.2. The van der Waals surface area contributed by atoms with E-state index in [9.17, 15) is 4.79 Å². The predicted octanol–water partition coefficient (Wildman–Crippen LogP) is 24.5. The van der Waals surface area contributed by atoms with Gasteiger partial charge in [0.1, 0.15) is 46.0 Å². The molecule has 12 aromatic rings. The fourth-order valence-corrected chi connectivity index (χ4v) is 17.1. The van der Waals surface area contributed by atoms with Gasteiger partial charge < -0.3 is 18.9 Å². The van der Waals surface area contributed by atoms with Crippen LogP contribution in [0.25, 0.3) is 70.3 Å². The molecule has 0 aliphatic rings. The molecule has 93 heavy (non-hydrogen) atoms. The van der Waals surface area contributed by atoms with Crippen LogP contribution in [-0.2, 0) is 21.7 Å². The average Bonchev–Trinajstić information content (AvgIpc) is 0.678. The van der Waals surface area contributed by atoms with Crippen molar-refractivity contribution >= 4 is 70.3 Å². The van der Waals surface area contributed by atoms with Crippen LogP contribution in [0.3, 0.4) is 0 Å². The second-order valence-electron chi connectivity index (χ2n) is 34.2. The summed E-state index contributed by atoms with van der Waals surface area (Å²) in [5.41, 5.74) is 3.48. The molecule has 2 aromatic heterocycles. The molecule has 0 N–H and O–H groups in total. The molecule has 0 radical (unpaired) electrons. The van der Waals surface area contributed by atoms with E-state index in [0.717, 1.165) is 97.1 Å². The molecule has 0 saturated heterocycles. The van der Waals surface area contributed by atoms with Crippen molar-refractivity contribution in [1.29, 1.82) is 0 Å². The topological polar surface area (TPSA) is 75.5 Å². The number of benzene rings is 10. The van der Waals surface area contributed by atoms with E-state index in [2.05, 4.69) is 254 Å².